The van der Waals surface area contributed by atoms with Gasteiger partial charge < -0.3 is 10.2 Å². The van der Waals surface area contributed by atoms with Crippen molar-refractivity contribution >= 4 is 56.5 Å². The first-order chi connectivity index (χ1) is 13.5. The SMILES string of the molecule is O=S(=O)(O)C(c1cccc(Cl)c1)(c1cc(O)c(Cl)cc1O)c1cccc(Cl)c1Cl. The van der Waals surface area contributed by atoms with E-state index in [1.165, 1.54) is 42.5 Å². The standard InChI is InChI=1S/C19H12Cl4O5S/c20-11-4-1-3-10(7-11)19(29(26,27)28,12-5-2-6-14(21)18(12)23)13-8-17(25)15(22)9-16(13)24/h1-9,24-25H,(H,26,27,28). The third-order valence-electron chi connectivity index (χ3n) is 4.39. The number of phenolic OH excluding ortho intramolecular Hbond substituents is 2. The topological polar surface area (TPSA) is 94.8 Å². The van der Waals surface area contributed by atoms with Crippen molar-refractivity contribution in [2.75, 3.05) is 0 Å². The molecule has 0 saturated heterocycles. The predicted octanol–water partition coefficient (Wildman–Crippen LogP) is 5.89. The minimum atomic E-state index is -5.11. The molecule has 0 aliphatic carbocycles. The minimum absolute atomic E-state index is 0.0110. The van der Waals surface area contributed by atoms with Crippen LogP contribution in [0, 0.1) is 0 Å². The second kappa shape index (κ2) is 7.87. The van der Waals surface area contributed by atoms with E-state index in [9.17, 15) is 23.2 Å². The second-order valence-electron chi connectivity index (χ2n) is 6.09. The fourth-order valence-corrected chi connectivity index (χ4v) is 5.36. The molecule has 0 spiro atoms. The zero-order valence-corrected chi connectivity index (χ0v) is 18.1. The van der Waals surface area contributed by atoms with Crippen LogP contribution < -0.4 is 0 Å². The number of halogens is 4. The number of rotatable bonds is 4. The molecule has 3 aromatic rings. The first kappa shape index (κ1) is 22.0. The second-order valence-corrected chi connectivity index (χ2v) is 9.28. The van der Waals surface area contributed by atoms with E-state index < -0.39 is 31.9 Å². The molecule has 152 valence electrons. The van der Waals surface area contributed by atoms with Gasteiger partial charge in [-0.3, -0.25) is 4.55 Å². The molecule has 3 rings (SSSR count). The van der Waals surface area contributed by atoms with Crippen LogP contribution in [0.15, 0.2) is 54.6 Å². The van der Waals surface area contributed by atoms with Crippen LogP contribution in [0.4, 0.5) is 0 Å². The average Bonchev–Trinajstić information content (AvgIpc) is 2.62. The Hall–Kier alpha value is -1.67. The quantitative estimate of drug-likeness (QED) is 0.239. The minimum Gasteiger partial charge on any atom is -0.508 e. The molecule has 0 amide bonds. The van der Waals surface area contributed by atoms with E-state index in [-0.39, 0.29) is 31.2 Å². The fraction of sp³-hybridized carbons (Fsp3) is 0.0526. The fourth-order valence-electron chi connectivity index (χ4n) is 3.20. The van der Waals surface area contributed by atoms with E-state index in [0.717, 1.165) is 12.1 Å². The zero-order valence-electron chi connectivity index (χ0n) is 14.3. The molecule has 0 aliphatic rings. The van der Waals surface area contributed by atoms with Gasteiger partial charge in [0.15, 0.2) is 4.75 Å². The molecule has 1 unspecified atom stereocenters. The summed E-state index contributed by atoms with van der Waals surface area (Å²) in [6, 6.07) is 11.7. The summed E-state index contributed by atoms with van der Waals surface area (Å²) >= 11 is 24.3. The molecule has 3 N–H and O–H groups in total. The molecule has 5 nitrogen and oxygen atoms in total. The lowest BCUT2D eigenvalue weighted by molar-refractivity contribution is 0.434. The van der Waals surface area contributed by atoms with E-state index in [1.54, 1.807) is 0 Å². The van der Waals surface area contributed by atoms with Crippen LogP contribution in [0.2, 0.25) is 20.1 Å². The summed E-state index contributed by atoms with van der Waals surface area (Å²) in [5.41, 5.74) is -0.601. The summed E-state index contributed by atoms with van der Waals surface area (Å²) in [5, 5.41) is 20.5. The molecule has 0 fully saturated rings. The van der Waals surface area contributed by atoms with Crippen LogP contribution in [-0.2, 0) is 14.9 Å². The Morgan fingerprint density at radius 1 is 0.759 bits per heavy atom. The van der Waals surface area contributed by atoms with Gasteiger partial charge in [0, 0.05) is 22.2 Å². The normalized spacial score (nSPS) is 13.8. The first-order valence-electron chi connectivity index (χ1n) is 7.89. The highest BCUT2D eigenvalue weighted by molar-refractivity contribution is 7.87. The molecule has 0 radical (unpaired) electrons. The molecular formula is C19H12Cl4O5S. The molecule has 0 aromatic heterocycles. The Kier molecular flexibility index (Phi) is 5.98. The Balaban J connectivity index is 2.63. The monoisotopic (exact) mass is 492 g/mol. The van der Waals surface area contributed by atoms with Crippen LogP contribution in [0.5, 0.6) is 11.5 Å². The van der Waals surface area contributed by atoms with Gasteiger partial charge in [-0.25, -0.2) is 0 Å². The maximum atomic E-state index is 13.0. The van der Waals surface area contributed by atoms with E-state index in [4.69, 9.17) is 46.4 Å². The van der Waals surface area contributed by atoms with Crippen molar-refractivity contribution in [3.8, 4) is 11.5 Å². The summed E-state index contributed by atoms with van der Waals surface area (Å²) in [4.78, 5) is 0. The third kappa shape index (κ3) is 3.65. The van der Waals surface area contributed by atoms with Gasteiger partial charge in [0.05, 0.1) is 15.1 Å². The maximum Gasteiger partial charge on any atom is 0.283 e. The Labute approximate surface area is 186 Å². The van der Waals surface area contributed by atoms with Gasteiger partial charge in [-0.2, -0.15) is 8.42 Å². The Morgan fingerprint density at radius 3 is 2.03 bits per heavy atom. The van der Waals surface area contributed by atoms with Crippen molar-refractivity contribution in [2.45, 2.75) is 4.75 Å². The summed E-state index contributed by atoms with van der Waals surface area (Å²) in [6.07, 6.45) is 0. The van der Waals surface area contributed by atoms with E-state index in [1.807, 2.05) is 0 Å². The van der Waals surface area contributed by atoms with Gasteiger partial charge in [0.25, 0.3) is 10.1 Å². The van der Waals surface area contributed by atoms with E-state index in [0.29, 0.717) is 0 Å². The zero-order chi connectivity index (χ0) is 21.6. The van der Waals surface area contributed by atoms with Crippen molar-refractivity contribution in [1.29, 1.82) is 0 Å². The van der Waals surface area contributed by atoms with Gasteiger partial charge >= 0.3 is 0 Å². The van der Waals surface area contributed by atoms with Crippen LogP contribution >= 0.6 is 46.4 Å². The number of hydrogen-bond donors (Lipinski definition) is 3. The molecule has 0 heterocycles. The van der Waals surface area contributed by atoms with Crippen molar-refractivity contribution in [3.05, 3.63) is 91.4 Å². The van der Waals surface area contributed by atoms with Gasteiger partial charge in [0.2, 0.25) is 0 Å². The van der Waals surface area contributed by atoms with Crippen LogP contribution in [0.3, 0.4) is 0 Å². The maximum absolute atomic E-state index is 13.0. The molecule has 1 atom stereocenters. The number of aromatic hydroxyl groups is 2. The first-order valence-corrected chi connectivity index (χ1v) is 10.8. The summed E-state index contributed by atoms with van der Waals surface area (Å²) < 4.78 is 33.9. The summed E-state index contributed by atoms with van der Waals surface area (Å²) in [6.45, 7) is 0. The number of benzene rings is 3. The Morgan fingerprint density at radius 2 is 1.41 bits per heavy atom. The van der Waals surface area contributed by atoms with Gasteiger partial charge in [-0.15, -0.1) is 0 Å². The van der Waals surface area contributed by atoms with E-state index in [2.05, 4.69) is 0 Å². The highest BCUT2D eigenvalue weighted by atomic mass is 35.5. The molecule has 29 heavy (non-hydrogen) atoms. The highest BCUT2D eigenvalue weighted by Crippen LogP contribution is 2.51. The highest BCUT2D eigenvalue weighted by Gasteiger charge is 2.51. The van der Waals surface area contributed by atoms with Gasteiger partial charge in [0.1, 0.15) is 11.5 Å². The lowest BCUT2D eigenvalue weighted by Gasteiger charge is -2.34. The van der Waals surface area contributed by atoms with Gasteiger partial charge in [-0.1, -0.05) is 70.7 Å². The lowest BCUT2D eigenvalue weighted by atomic mass is 9.83. The molecular weight excluding hydrogens is 482 g/mol. The predicted molar refractivity (Wildman–Crippen MR) is 114 cm³/mol. The largest absolute Gasteiger partial charge is 0.508 e. The van der Waals surface area contributed by atoms with Crippen LogP contribution in [0.1, 0.15) is 16.7 Å². The van der Waals surface area contributed by atoms with Crippen molar-refractivity contribution in [2.24, 2.45) is 0 Å². The smallest absolute Gasteiger partial charge is 0.283 e. The molecule has 0 bridgehead atoms. The van der Waals surface area contributed by atoms with Gasteiger partial charge in [-0.05, 0) is 29.8 Å². The number of phenols is 2. The molecule has 10 heteroatoms. The molecule has 0 saturated carbocycles. The molecule has 3 aromatic carbocycles. The van der Waals surface area contributed by atoms with Crippen molar-refractivity contribution < 1.29 is 23.2 Å². The van der Waals surface area contributed by atoms with Crippen LogP contribution in [-0.4, -0.2) is 23.2 Å². The third-order valence-corrected chi connectivity index (χ3v) is 7.20. The van der Waals surface area contributed by atoms with E-state index >= 15 is 0 Å². The lowest BCUT2D eigenvalue weighted by Crippen LogP contribution is -2.38. The summed E-state index contributed by atoms with van der Waals surface area (Å²) in [5.74, 6) is -1.13. The van der Waals surface area contributed by atoms with Crippen molar-refractivity contribution in [1.82, 2.24) is 0 Å². The summed E-state index contributed by atoms with van der Waals surface area (Å²) in [7, 11) is -5.11. The Bertz CT molecular complexity index is 1210. The molecule has 0 aliphatic heterocycles. The number of hydrogen-bond acceptors (Lipinski definition) is 4. The van der Waals surface area contributed by atoms with Crippen molar-refractivity contribution in [3.63, 3.8) is 0 Å². The van der Waals surface area contributed by atoms with Crippen LogP contribution in [0.25, 0.3) is 0 Å². The average molecular weight is 494 g/mol.